The molecule has 1 aromatic carbocycles. The summed E-state index contributed by atoms with van der Waals surface area (Å²) < 4.78 is 0. The van der Waals surface area contributed by atoms with Gasteiger partial charge >= 0.3 is 0 Å². The molecule has 0 radical (unpaired) electrons. The number of aliphatic imine (C=N–C) groups is 1. The highest BCUT2D eigenvalue weighted by molar-refractivity contribution is 6.11. The molecule has 0 spiro atoms. The van der Waals surface area contributed by atoms with Gasteiger partial charge in [-0.1, -0.05) is 50.3 Å². The average Bonchev–Trinajstić information content (AvgIpc) is 2.54. The lowest BCUT2D eigenvalue weighted by molar-refractivity contribution is -0.117. The highest BCUT2D eigenvalue weighted by atomic mass is 16.2. The van der Waals surface area contributed by atoms with Crippen LogP contribution in [-0.2, 0) is 16.0 Å². The standard InChI is InChI=1S/C20H20N2O2/c1-13(2)17-12-20(24)22-18-11-15(8-9-16(17)18)21-19(23)10-14-6-4-3-5-7-14/h3-9,11-13,16H,10H2,1-2H3,(H,22,24). The first-order valence-electron chi connectivity index (χ1n) is 8.10. The minimum Gasteiger partial charge on any atom is -0.325 e. The molecule has 2 aliphatic rings. The largest absolute Gasteiger partial charge is 0.325 e. The maximum atomic E-state index is 12.1. The maximum Gasteiger partial charge on any atom is 0.250 e. The smallest absolute Gasteiger partial charge is 0.250 e. The highest BCUT2D eigenvalue weighted by Gasteiger charge is 2.27. The Labute approximate surface area is 141 Å². The Kier molecular flexibility index (Phi) is 4.56. The van der Waals surface area contributed by atoms with Crippen molar-refractivity contribution in [2.24, 2.45) is 16.8 Å². The number of amides is 2. The normalized spacial score (nSPS) is 21.2. The molecule has 122 valence electrons. The van der Waals surface area contributed by atoms with E-state index in [9.17, 15) is 9.59 Å². The van der Waals surface area contributed by atoms with Crippen molar-refractivity contribution in [2.45, 2.75) is 20.3 Å². The van der Waals surface area contributed by atoms with E-state index >= 15 is 0 Å². The fourth-order valence-electron chi connectivity index (χ4n) is 2.97. The monoisotopic (exact) mass is 320 g/mol. The van der Waals surface area contributed by atoms with Crippen LogP contribution in [0.2, 0.25) is 0 Å². The van der Waals surface area contributed by atoms with Gasteiger partial charge in [0.25, 0.3) is 5.91 Å². The van der Waals surface area contributed by atoms with Crippen molar-refractivity contribution in [1.29, 1.82) is 0 Å². The summed E-state index contributed by atoms with van der Waals surface area (Å²) in [4.78, 5) is 28.1. The summed E-state index contributed by atoms with van der Waals surface area (Å²) in [6, 6.07) is 9.54. The number of hydrogen-bond acceptors (Lipinski definition) is 2. The molecule has 1 aromatic rings. The summed E-state index contributed by atoms with van der Waals surface area (Å²) in [5, 5.41) is 2.86. The number of rotatable bonds is 3. The van der Waals surface area contributed by atoms with Crippen LogP contribution in [0.25, 0.3) is 0 Å². The topological polar surface area (TPSA) is 58.5 Å². The molecule has 1 aliphatic heterocycles. The van der Waals surface area contributed by atoms with Gasteiger partial charge in [0.2, 0.25) is 5.91 Å². The first-order chi connectivity index (χ1) is 11.5. The lowest BCUT2D eigenvalue weighted by Gasteiger charge is -2.29. The van der Waals surface area contributed by atoms with E-state index in [0.29, 0.717) is 5.71 Å². The summed E-state index contributed by atoms with van der Waals surface area (Å²) in [5.41, 5.74) is 3.39. The molecule has 1 atom stereocenters. The van der Waals surface area contributed by atoms with Crippen molar-refractivity contribution in [3.63, 3.8) is 0 Å². The molecule has 1 N–H and O–H groups in total. The van der Waals surface area contributed by atoms with E-state index < -0.39 is 0 Å². The first-order valence-corrected chi connectivity index (χ1v) is 8.10. The second kappa shape index (κ2) is 6.79. The number of nitrogens with zero attached hydrogens (tertiary/aromatic N) is 1. The first kappa shape index (κ1) is 16.1. The molecule has 0 bridgehead atoms. The second-order valence-corrected chi connectivity index (χ2v) is 6.32. The lowest BCUT2D eigenvalue weighted by Crippen LogP contribution is -2.34. The molecule has 0 aromatic heterocycles. The number of carbonyl (C=O) groups is 2. The van der Waals surface area contributed by atoms with Gasteiger partial charge < -0.3 is 5.32 Å². The predicted molar refractivity (Wildman–Crippen MR) is 94.4 cm³/mol. The van der Waals surface area contributed by atoms with E-state index in [1.807, 2.05) is 42.5 Å². The molecule has 4 nitrogen and oxygen atoms in total. The van der Waals surface area contributed by atoms with Crippen molar-refractivity contribution >= 4 is 17.5 Å². The summed E-state index contributed by atoms with van der Waals surface area (Å²) >= 11 is 0. The van der Waals surface area contributed by atoms with Gasteiger partial charge in [0, 0.05) is 17.7 Å². The van der Waals surface area contributed by atoms with Crippen LogP contribution in [0.3, 0.4) is 0 Å². The minimum absolute atomic E-state index is 0.0610. The summed E-state index contributed by atoms with van der Waals surface area (Å²) in [6.07, 6.45) is 7.58. The van der Waals surface area contributed by atoms with Crippen molar-refractivity contribution in [2.75, 3.05) is 0 Å². The van der Waals surface area contributed by atoms with Gasteiger partial charge in [-0.2, -0.15) is 0 Å². The fraction of sp³-hybridized carbons (Fsp3) is 0.250. The van der Waals surface area contributed by atoms with Crippen LogP contribution < -0.4 is 5.32 Å². The van der Waals surface area contributed by atoms with Crippen LogP contribution in [-0.4, -0.2) is 17.5 Å². The molecule has 3 rings (SSSR count). The van der Waals surface area contributed by atoms with E-state index in [1.165, 1.54) is 0 Å². The number of nitrogens with one attached hydrogen (secondary N) is 1. The van der Waals surface area contributed by atoms with Crippen LogP contribution in [0.1, 0.15) is 19.4 Å². The molecule has 1 heterocycles. The summed E-state index contributed by atoms with van der Waals surface area (Å²) in [7, 11) is 0. The molecular weight excluding hydrogens is 300 g/mol. The Morgan fingerprint density at radius 3 is 2.67 bits per heavy atom. The number of hydrogen-bond donors (Lipinski definition) is 1. The summed E-state index contributed by atoms with van der Waals surface area (Å²) in [5.74, 6) is 0.0301. The molecule has 1 aliphatic carbocycles. The van der Waals surface area contributed by atoms with Gasteiger partial charge in [-0.05, 0) is 29.2 Å². The molecule has 4 heteroatoms. The quantitative estimate of drug-likeness (QED) is 0.931. The molecular formula is C20H20N2O2. The van der Waals surface area contributed by atoms with Crippen LogP contribution in [0, 0.1) is 11.8 Å². The predicted octanol–water partition coefficient (Wildman–Crippen LogP) is 2.98. The molecule has 2 amide bonds. The fourth-order valence-corrected chi connectivity index (χ4v) is 2.97. The van der Waals surface area contributed by atoms with E-state index in [-0.39, 0.29) is 30.1 Å². The zero-order chi connectivity index (χ0) is 17.1. The molecule has 0 saturated carbocycles. The van der Waals surface area contributed by atoms with E-state index in [0.717, 1.165) is 16.8 Å². The van der Waals surface area contributed by atoms with Gasteiger partial charge in [-0.15, -0.1) is 0 Å². The number of allylic oxidation sites excluding steroid dienone is 3. The van der Waals surface area contributed by atoms with Gasteiger partial charge in [-0.25, -0.2) is 4.99 Å². The van der Waals surface area contributed by atoms with Gasteiger partial charge in [0.05, 0.1) is 12.1 Å². The Bertz CT molecular complexity index is 783. The number of carbonyl (C=O) groups excluding carboxylic acids is 2. The Hall–Kier alpha value is -2.75. The Balaban J connectivity index is 1.78. The SMILES string of the molecule is CC(C)C1=CC(=O)NC2=CC(=NC(=O)Cc3ccccc3)C=CC21. The zero-order valence-electron chi connectivity index (χ0n) is 13.8. The molecule has 1 unspecified atom stereocenters. The van der Waals surface area contributed by atoms with Crippen molar-refractivity contribution in [3.8, 4) is 0 Å². The molecule has 24 heavy (non-hydrogen) atoms. The van der Waals surface area contributed by atoms with Crippen LogP contribution in [0.15, 0.2) is 70.9 Å². The van der Waals surface area contributed by atoms with Crippen molar-refractivity contribution in [3.05, 3.63) is 71.5 Å². The number of fused-ring (bicyclic) bond motifs is 1. The second-order valence-electron chi connectivity index (χ2n) is 6.32. The highest BCUT2D eigenvalue weighted by Crippen LogP contribution is 2.31. The lowest BCUT2D eigenvalue weighted by atomic mass is 9.82. The zero-order valence-corrected chi connectivity index (χ0v) is 13.8. The maximum absolute atomic E-state index is 12.1. The third kappa shape index (κ3) is 3.59. The van der Waals surface area contributed by atoms with Crippen LogP contribution >= 0.6 is 0 Å². The van der Waals surface area contributed by atoms with E-state index in [1.54, 1.807) is 12.2 Å². The average molecular weight is 320 g/mol. The van der Waals surface area contributed by atoms with Crippen LogP contribution in [0.4, 0.5) is 0 Å². The van der Waals surface area contributed by atoms with Crippen molar-refractivity contribution in [1.82, 2.24) is 5.32 Å². The van der Waals surface area contributed by atoms with E-state index in [4.69, 9.17) is 0 Å². The Morgan fingerprint density at radius 1 is 1.21 bits per heavy atom. The van der Waals surface area contributed by atoms with Gasteiger partial charge in [-0.3, -0.25) is 9.59 Å². The van der Waals surface area contributed by atoms with Gasteiger partial charge in [0.1, 0.15) is 0 Å². The minimum atomic E-state index is -0.196. The number of benzene rings is 1. The Morgan fingerprint density at radius 2 is 1.96 bits per heavy atom. The summed E-state index contributed by atoms with van der Waals surface area (Å²) in [6.45, 7) is 4.14. The molecule has 0 fully saturated rings. The van der Waals surface area contributed by atoms with E-state index in [2.05, 4.69) is 24.2 Å². The third-order valence-corrected chi connectivity index (χ3v) is 4.14. The van der Waals surface area contributed by atoms with Crippen molar-refractivity contribution < 1.29 is 9.59 Å². The molecule has 0 saturated heterocycles. The third-order valence-electron chi connectivity index (χ3n) is 4.14. The van der Waals surface area contributed by atoms with Crippen LogP contribution in [0.5, 0.6) is 0 Å². The van der Waals surface area contributed by atoms with Gasteiger partial charge in [0.15, 0.2) is 0 Å².